The molecule has 0 spiro atoms. The fourth-order valence-electron chi connectivity index (χ4n) is 3.27. The van der Waals surface area contributed by atoms with Crippen molar-refractivity contribution in [1.29, 1.82) is 0 Å². The fraction of sp³-hybridized carbons (Fsp3) is 1.00. The zero-order valence-electron chi connectivity index (χ0n) is 12.3. The SMILES string of the molecule is CCCCCC(C)(CN)N1CCCC1C(C)C. The van der Waals surface area contributed by atoms with Crippen LogP contribution in [0.25, 0.3) is 0 Å². The highest BCUT2D eigenvalue weighted by Crippen LogP contribution is 2.33. The van der Waals surface area contributed by atoms with E-state index >= 15 is 0 Å². The maximum absolute atomic E-state index is 6.09. The van der Waals surface area contributed by atoms with Gasteiger partial charge in [-0.25, -0.2) is 0 Å². The summed E-state index contributed by atoms with van der Waals surface area (Å²) in [4.78, 5) is 2.72. The largest absolute Gasteiger partial charge is 0.329 e. The van der Waals surface area contributed by atoms with Crippen molar-refractivity contribution in [3.8, 4) is 0 Å². The average molecular weight is 240 g/mol. The minimum atomic E-state index is 0.237. The molecule has 1 rings (SSSR count). The van der Waals surface area contributed by atoms with E-state index in [0.29, 0.717) is 0 Å². The molecule has 0 radical (unpaired) electrons. The summed E-state index contributed by atoms with van der Waals surface area (Å²) in [5, 5.41) is 0. The first-order chi connectivity index (χ1) is 8.05. The topological polar surface area (TPSA) is 29.3 Å². The van der Waals surface area contributed by atoms with Gasteiger partial charge < -0.3 is 5.73 Å². The Hall–Kier alpha value is -0.0800. The minimum absolute atomic E-state index is 0.237. The van der Waals surface area contributed by atoms with E-state index in [4.69, 9.17) is 5.73 Å². The molecule has 1 aliphatic rings. The van der Waals surface area contributed by atoms with Crippen LogP contribution in [0.15, 0.2) is 0 Å². The summed E-state index contributed by atoms with van der Waals surface area (Å²) in [5.74, 6) is 0.759. The maximum atomic E-state index is 6.09. The monoisotopic (exact) mass is 240 g/mol. The molecule has 2 atom stereocenters. The van der Waals surface area contributed by atoms with Crippen LogP contribution in [0.3, 0.4) is 0 Å². The third kappa shape index (κ3) is 3.69. The van der Waals surface area contributed by atoms with Gasteiger partial charge in [0.2, 0.25) is 0 Å². The van der Waals surface area contributed by atoms with Crippen LogP contribution in [0.4, 0.5) is 0 Å². The van der Waals surface area contributed by atoms with Gasteiger partial charge in [-0.15, -0.1) is 0 Å². The first kappa shape index (κ1) is 15.0. The second kappa shape index (κ2) is 6.75. The molecule has 2 unspecified atom stereocenters. The molecule has 1 fully saturated rings. The lowest BCUT2D eigenvalue weighted by molar-refractivity contribution is 0.0645. The molecule has 0 bridgehead atoms. The van der Waals surface area contributed by atoms with Gasteiger partial charge in [-0.2, -0.15) is 0 Å². The normalized spacial score (nSPS) is 25.4. The molecular formula is C15H32N2. The van der Waals surface area contributed by atoms with E-state index in [1.807, 2.05) is 0 Å². The Balaban J connectivity index is 2.63. The van der Waals surface area contributed by atoms with Crippen molar-refractivity contribution in [1.82, 2.24) is 4.90 Å². The highest BCUT2D eigenvalue weighted by molar-refractivity contribution is 4.95. The first-order valence-electron chi connectivity index (χ1n) is 7.52. The fourth-order valence-corrected chi connectivity index (χ4v) is 3.27. The lowest BCUT2D eigenvalue weighted by atomic mass is 9.89. The van der Waals surface area contributed by atoms with E-state index in [0.717, 1.165) is 18.5 Å². The number of nitrogens with two attached hydrogens (primary N) is 1. The zero-order valence-corrected chi connectivity index (χ0v) is 12.3. The molecule has 0 aromatic rings. The minimum Gasteiger partial charge on any atom is -0.329 e. The Morgan fingerprint density at radius 2 is 2.06 bits per heavy atom. The lowest BCUT2D eigenvalue weighted by Gasteiger charge is -2.43. The number of nitrogens with zero attached hydrogens (tertiary/aromatic N) is 1. The summed E-state index contributed by atoms with van der Waals surface area (Å²) in [6.45, 7) is 11.4. The zero-order chi connectivity index (χ0) is 12.9. The van der Waals surface area contributed by atoms with Gasteiger partial charge in [0.05, 0.1) is 0 Å². The van der Waals surface area contributed by atoms with Crippen LogP contribution in [0, 0.1) is 5.92 Å². The molecular weight excluding hydrogens is 208 g/mol. The van der Waals surface area contributed by atoms with Gasteiger partial charge in [0.15, 0.2) is 0 Å². The lowest BCUT2D eigenvalue weighted by Crippen LogP contribution is -2.54. The molecule has 0 amide bonds. The number of unbranched alkanes of at least 4 members (excludes halogenated alkanes) is 2. The molecule has 1 heterocycles. The molecule has 102 valence electrons. The highest BCUT2D eigenvalue weighted by atomic mass is 15.2. The van der Waals surface area contributed by atoms with Crippen molar-refractivity contribution < 1.29 is 0 Å². The summed E-state index contributed by atoms with van der Waals surface area (Å²) in [6, 6.07) is 0.755. The molecule has 2 heteroatoms. The predicted octanol–water partition coefficient (Wildman–Crippen LogP) is 3.40. The Morgan fingerprint density at radius 3 is 2.59 bits per heavy atom. The molecule has 0 aromatic carbocycles. The van der Waals surface area contributed by atoms with Crippen molar-refractivity contribution >= 4 is 0 Å². The van der Waals surface area contributed by atoms with Crippen molar-refractivity contribution in [2.75, 3.05) is 13.1 Å². The smallest absolute Gasteiger partial charge is 0.0306 e. The number of hydrogen-bond donors (Lipinski definition) is 1. The van der Waals surface area contributed by atoms with Crippen LogP contribution in [0.1, 0.15) is 66.2 Å². The van der Waals surface area contributed by atoms with E-state index in [9.17, 15) is 0 Å². The number of hydrogen-bond acceptors (Lipinski definition) is 2. The van der Waals surface area contributed by atoms with Gasteiger partial charge >= 0.3 is 0 Å². The molecule has 2 N–H and O–H groups in total. The molecule has 1 aliphatic heterocycles. The Bertz CT molecular complexity index is 215. The summed E-state index contributed by atoms with van der Waals surface area (Å²) >= 11 is 0. The van der Waals surface area contributed by atoms with Gasteiger partial charge in [0, 0.05) is 18.1 Å². The van der Waals surface area contributed by atoms with E-state index in [1.54, 1.807) is 0 Å². The third-order valence-electron chi connectivity index (χ3n) is 4.52. The van der Waals surface area contributed by atoms with Crippen LogP contribution in [-0.4, -0.2) is 29.6 Å². The second-order valence-electron chi connectivity index (χ2n) is 6.31. The second-order valence-corrected chi connectivity index (χ2v) is 6.31. The van der Waals surface area contributed by atoms with E-state index < -0.39 is 0 Å². The van der Waals surface area contributed by atoms with Crippen molar-refractivity contribution in [2.45, 2.75) is 77.8 Å². The highest BCUT2D eigenvalue weighted by Gasteiger charge is 2.38. The van der Waals surface area contributed by atoms with E-state index in [1.165, 1.54) is 45.1 Å². The van der Waals surface area contributed by atoms with Crippen LogP contribution in [0.5, 0.6) is 0 Å². The average Bonchev–Trinajstić information content (AvgIpc) is 2.78. The maximum Gasteiger partial charge on any atom is 0.0306 e. The van der Waals surface area contributed by atoms with Gasteiger partial charge in [-0.05, 0) is 38.6 Å². The van der Waals surface area contributed by atoms with Gasteiger partial charge in [0.1, 0.15) is 0 Å². The van der Waals surface area contributed by atoms with Gasteiger partial charge in [-0.3, -0.25) is 4.90 Å². The molecule has 0 aromatic heterocycles. The summed E-state index contributed by atoms with van der Waals surface area (Å²) in [7, 11) is 0. The molecule has 17 heavy (non-hydrogen) atoms. The summed E-state index contributed by atoms with van der Waals surface area (Å²) in [6.07, 6.45) is 7.95. The van der Waals surface area contributed by atoms with Crippen molar-refractivity contribution in [2.24, 2.45) is 11.7 Å². The van der Waals surface area contributed by atoms with Gasteiger partial charge in [0.25, 0.3) is 0 Å². The third-order valence-corrected chi connectivity index (χ3v) is 4.52. The van der Waals surface area contributed by atoms with E-state index in [-0.39, 0.29) is 5.54 Å². The molecule has 0 saturated carbocycles. The van der Waals surface area contributed by atoms with Crippen molar-refractivity contribution in [3.05, 3.63) is 0 Å². The standard InChI is InChI=1S/C15H32N2/c1-5-6-7-10-15(4,12-16)17-11-8-9-14(17)13(2)3/h13-14H,5-12,16H2,1-4H3. The summed E-state index contributed by atoms with van der Waals surface area (Å²) < 4.78 is 0. The molecule has 2 nitrogen and oxygen atoms in total. The molecule has 0 aliphatic carbocycles. The van der Waals surface area contributed by atoms with Crippen LogP contribution >= 0.6 is 0 Å². The number of rotatable bonds is 7. The Morgan fingerprint density at radius 1 is 1.35 bits per heavy atom. The summed E-state index contributed by atoms with van der Waals surface area (Å²) in [5.41, 5.74) is 6.33. The predicted molar refractivity (Wildman–Crippen MR) is 76.2 cm³/mol. The van der Waals surface area contributed by atoms with Crippen molar-refractivity contribution in [3.63, 3.8) is 0 Å². The van der Waals surface area contributed by atoms with Crippen LogP contribution in [-0.2, 0) is 0 Å². The van der Waals surface area contributed by atoms with Crippen LogP contribution in [0.2, 0.25) is 0 Å². The number of likely N-dealkylation sites (tertiary alicyclic amines) is 1. The first-order valence-corrected chi connectivity index (χ1v) is 7.52. The molecule has 1 saturated heterocycles. The van der Waals surface area contributed by atoms with E-state index in [2.05, 4.69) is 32.6 Å². The Labute approximate surface area is 108 Å². The van der Waals surface area contributed by atoms with Crippen LogP contribution < -0.4 is 5.73 Å². The quantitative estimate of drug-likeness (QED) is 0.691. The Kier molecular flexibility index (Phi) is 5.94. The van der Waals surface area contributed by atoms with Gasteiger partial charge in [-0.1, -0.05) is 40.0 Å².